The lowest BCUT2D eigenvalue weighted by Crippen LogP contribution is -2.49. The fraction of sp³-hybridized carbons (Fsp3) is 0.417. The Bertz CT molecular complexity index is 869. The Hall–Kier alpha value is -2.89. The highest BCUT2D eigenvalue weighted by atomic mass is 19.1. The van der Waals surface area contributed by atoms with Crippen molar-refractivity contribution in [1.29, 1.82) is 0 Å². The van der Waals surface area contributed by atoms with Gasteiger partial charge in [0.15, 0.2) is 6.61 Å². The Balaban J connectivity index is 2.16. The first-order valence-electron chi connectivity index (χ1n) is 10.3. The number of benzene rings is 2. The first-order chi connectivity index (χ1) is 14.3. The third-order valence-electron chi connectivity index (χ3n) is 5.20. The monoisotopic (exact) mass is 414 g/mol. The van der Waals surface area contributed by atoms with Crippen molar-refractivity contribution in [3.8, 4) is 5.75 Å². The van der Waals surface area contributed by atoms with Crippen molar-refractivity contribution in [2.24, 2.45) is 0 Å². The van der Waals surface area contributed by atoms with Crippen molar-refractivity contribution >= 4 is 11.8 Å². The molecule has 2 amide bonds. The van der Waals surface area contributed by atoms with Crippen LogP contribution in [0.2, 0.25) is 0 Å². The quantitative estimate of drug-likeness (QED) is 0.594. The number of nitrogens with one attached hydrogen (secondary N) is 1. The van der Waals surface area contributed by atoms with Crippen LogP contribution in [0.25, 0.3) is 0 Å². The molecule has 0 saturated carbocycles. The Morgan fingerprint density at radius 3 is 2.57 bits per heavy atom. The van der Waals surface area contributed by atoms with Crippen molar-refractivity contribution < 1.29 is 18.7 Å². The van der Waals surface area contributed by atoms with Gasteiger partial charge in [-0.3, -0.25) is 9.59 Å². The SMILES string of the molecule is CCCCNC(=O)[C@H](C)N(Cc1ccccc1F)C(=O)COc1cccc(C)c1C. The molecular weight excluding hydrogens is 383 g/mol. The lowest BCUT2D eigenvalue weighted by molar-refractivity contribution is -0.142. The zero-order chi connectivity index (χ0) is 22.1. The number of halogens is 1. The van der Waals surface area contributed by atoms with Gasteiger partial charge >= 0.3 is 0 Å². The molecule has 0 fully saturated rings. The summed E-state index contributed by atoms with van der Waals surface area (Å²) < 4.78 is 19.9. The number of carbonyl (C=O) groups excluding carboxylic acids is 2. The summed E-state index contributed by atoms with van der Waals surface area (Å²) in [6.45, 7) is 7.88. The van der Waals surface area contributed by atoms with E-state index < -0.39 is 11.9 Å². The summed E-state index contributed by atoms with van der Waals surface area (Å²) in [4.78, 5) is 26.9. The Kier molecular flexibility index (Phi) is 8.84. The van der Waals surface area contributed by atoms with Crippen LogP contribution in [0.1, 0.15) is 43.4 Å². The maximum Gasteiger partial charge on any atom is 0.261 e. The van der Waals surface area contributed by atoms with Crippen LogP contribution in [-0.4, -0.2) is 35.9 Å². The number of aryl methyl sites for hydroxylation is 1. The first kappa shape index (κ1) is 23.4. The molecule has 0 bridgehead atoms. The molecule has 30 heavy (non-hydrogen) atoms. The van der Waals surface area contributed by atoms with Gasteiger partial charge in [-0.05, 0) is 50.5 Å². The molecule has 2 aromatic carbocycles. The second-order valence-corrected chi connectivity index (χ2v) is 7.42. The van der Waals surface area contributed by atoms with Crippen molar-refractivity contribution in [1.82, 2.24) is 10.2 Å². The summed E-state index contributed by atoms with van der Waals surface area (Å²) in [5, 5.41) is 2.84. The summed E-state index contributed by atoms with van der Waals surface area (Å²) in [5.74, 6) is -0.434. The van der Waals surface area contributed by atoms with Crippen molar-refractivity contribution in [2.45, 2.75) is 53.1 Å². The molecule has 2 rings (SSSR count). The minimum Gasteiger partial charge on any atom is -0.483 e. The predicted molar refractivity (Wildman–Crippen MR) is 116 cm³/mol. The van der Waals surface area contributed by atoms with E-state index in [2.05, 4.69) is 5.32 Å². The third kappa shape index (κ3) is 6.31. The fourth-order valence-electron chi connectivity index (χ4n) is 3.03. The van der Waals surface area contributed by atoms with E-state index in [0.717, 1.165) is 24.0 Å². The molecule has 0 radical (unpaired) electrons. The summed E-state index contributed by atoms with van der Waals surface area (Å²) >= 11 is 0. The van der Waals surface area contributed by atoms with Crippen LogP contribution >= 0.6 is 0 Å². The van der Waals surface area contributed by atoms with Crippen LogP contribution < -0.4 is 10.1 Å². The van der Waals surface area contributed by atoms with Crippen LogP contribution in [0, 0.1) is 19.7 Å². The van der Waals surface area contributed by atoms with Crippen molar-refractivity contribution in [3.05, 3.63) is 65.0 Å². The Labute approximate surface area is 178 Å². The normalized spacial score (nSPS) is 11.6. The lowest BCUT2D eigenvalue weighted by atomic mass is 10.1. The highest BCUT2D eigenvalue weighted by Crippen LogP contribution is 2.21. The lowest BCUT2D eigenvalue weighted by Gasteiger charge is -2.29. The second-order valence-electron chi connectivity index (χ2n) is 7.42. The van der Waals surface area contributed by atoms with E-state index in [0.29, 0.717) is 17.9 Å². The number of amides is 2. The number of carbonyl (C=O) groups is 2. The summed E-state index contributed by atoms with van der Waals surface area (Å²) in [7, 11) is 0. The van der Waals surface area contributed by atoms with Gasteiger partial charge in [0, 0.05) is 18.7 Å². The van der Waals surface area contributed by atoms with Crippen LogP contribution in [0.5, 0.6) is 5.75 Å². The highest BCUT2D eigenvalue weighted by molar-refractivity contribution is 5.88. The molecule has 0 saturated heterocycles. The average molecular weight is 415 g/mol. The van der Waals surface area contributed by atoms with Gasteiger partial charge in [-0.1, -0.05) is 43.7 Å². The van der Waals surface area contributed by atoms with E-state index in [1.165, 1.54) is 11.0 Å². The van der Waals surface area contributed by atoms with Gasteiger partial charge in [-0.25, -0.2) is 4.39 Å². The molecule has 0 spiro atoms. The molecule has 0 aliphatic rings. The van der Waals surface area contributed by atoms with Gasteiger partial charge < -0.3 is 15.0 Å². The van der Waals surface area contributed by atoms with E-state index in [-0.39, 0.29) is 25.0 Å². The summed E-state index contributed by atoms with van der Waals surface area (Å²) in [5.41, 5.74) is 2.37. The molecule has 0 aliphatic carbocycles. The number of hydrogen-bond acceptors (Lipinski definition) is 3. The summed E-state index contributed by atoms with van der Waals surface area (Å²) in [6.07, 6.45) is 1.81. The standard InChI is InChI=1S/C24H31FN2O3/c1-5-6-14-26-24(29)19(4)27(15-20-11-7-8-12-21(20)25)23(28)16-30-22-13-9-10-17(2)18(22)3/h7-13,19H,5-6,14-16H2,1-4H3,(H,26,29)/t19-/m0/s1. The predicted octanol–water partition coefficient (Wildman–Crippen LogP) is 4.15. The Morgan fingerprint density at radius 2 is 1.87 bits per heavy atom. The molecule has 1 N–H and O–H groups in total. The maximum atomic E-state index is 14.2. The molecule has 5 nitrogen and oxygen atoms in total. The largest absolute Gasteiger partial charge is 0.483 e. The smallest absolute Gasteiger partial charge is 0.261 e. The fourth-order valence-corrected chi connectivity index (χ4v) is 3.03. The molecule has 0 aromatic heterocycles. The molecule has 2 aromatic rings. The van der Waals surface area contributed by atoms with Gasteiger partial charge in [-0.15, -0.1) is 0 Å². The first-order valence-corrected chi connectivity index (χ1v) is 10.3. The van der Waals surface area contributed by atoms with E-state index in [4.69, 9.17) is 4.74 Å². The van der Waals surface area contributed by atoms with Crippen LogP contribution in [0.4, 0.5) is 4.39 Å². The van der Waals surface area contributed by atoms with Gasteiger partial charge in [-0.2, -0.15) is 0 Å². The van der Waals surface area contributed by atoms with E-state index in [1.807, 2.05) is 32.9 Å². The molecule has 0 heterocycles. The third-order valence-corrected chi connectivity index (χ3v) is 5.20. The van der Waals surface area contributed by atoms with Gasteiger partial charge in [0.2, 0.25) is 5.91 Å². The molecule has 6 heteroatoms. The van der Waals surface area contributed by atoms with Crippen molar-refractivity contribution in [3.63, 3.8) is 0 Å². The molecule has 1 atom stereocenters. The van der Waals surface area contributed by atoms with Gasteiger partial charge in [0.05, 0.1) is 0 Å². The van der Waals surface area contributed by atoms with E-state index >= 15 is 0 Å². The molecular formula is C24H31FN2O3. The molecule has 0 aliphatic heterocycles. The van der Waals surface area contributed by atoms with Crippen LogP contribution in [0.3, 0.4) is 0 Å². The minimum absolute atomic E-state index is 0.00989. The number of hydrogen-bond donors (Lipinski definition) is 1. The minimum atomic E-state index is -0.754. The summed E-state index contributed by atoms with van der Waals surface area (Å²) in [6, 6.07) is 11.1. The van der Waals surface area contributed by atoms with Crippen molar-refractivity contribution in [2.75, 3.05) is 13.2 Å². The second kappa shape index (κ2) is 11.3. The van der Waals surface area contributed by atoms with E-state index in [1.54, 1.807) is 31.2 Å². The topological polar surface area (TPSA) is 58.6 Å². The number of ether oxygens (including phenoxy) is 1. The van der Waals surface area contributed by atoms with Crippen LogP contribution in [0.15, 0.2) is 42.5 Å². The number of unbranched alkanes of at least 4 members (excludes halogenated alkanes) is 1. The highest BCUT2D eigenvalue weighted by Gasteiger charge is 2.27. The zero-order valence-corrected chi connectivity index (χ0v) is 18.2. The Morgan fingerprint density at radius 1 is 1.13 bits per heavy atom. The number of nitrogens with zero attached hydrogens (tertiary/aromatic N) is 1. The zero-order valence-electron chi connectivity index (χ0n) is 18.2. The number of rotatable bonds is 10. The average Bonchev–Trinajstić information content (AvgIpc) is 2.73. The molecule has 162 valence electrons. The van der Waals surface area contributed by atoms with Gasteiger partial charge in [0.25, 0.3) is 5.91 Å². The van der Waals surface area contributed by atoms with Crippen LogP contribution in [-0.2, 0) is 16.1 Å². The van der Waals surface area contributed by atoms with E-state index in [9.17, 15) is 14.0 Å². The maximum absolute atomic E-state index is 14.2. The molecule has 0 unspecified atom stereocenters. The van der Waals surface area contributed by atoms with Gasteiger partial charge in [0.1, 0.15) is 17.6 Å².